The number of likely N-dealkylation sites (tertiary alicyclic amines) is 1. The molecule has 5 heteroatoms. The maximum atomic E-state index is 12.5. The third-order valence-electron chi connectivity index (χ3n) is 5.57. The van der Waals surface area contributed by atoms with E-state index in [1.807, 2.05) is 17.0 Å². The van der Waals surface area contributed by atoms with Crippen molar-refractivity contribution in [3.05, 3.63) is 35.4 Å². The Morgan fingerprint density at radius 2 is 2.00 bits per heavy atom. The van der Waals surface area contributed by atoms with Crippen molar-refractivity contribution >= 4 is 11.8 Å². The van der Waals surface area contributed by atoms with Gasteiger partial charge in [0, 0.05) is 38.5 Å². The number of hydrogen-bond donors (Lipinski definition) is 1. The van der Waals surface area contributed by atoms with Crippen LogP contribution in [0, 0.1) is 11.8 Å². The van der Waals surface area contributed by atoms with E-state index in [1.54, 1.807) is 6.92 Å². The molecule has 2 amide bonds. The lowest BCUT2D eigenvalue weighted by Crippen LogP contribution is -2.38. The van der Waals surface area contributed by atoms with E-state index >= 15 is 0 Å². The van der Waals surface area contributed by atoms with Gasteiger partial charge >= 0.3 is 0 Å². The van der Waals surface area contributed by atoms with Crippen molar-refractivity contribution in [3.8, 4) is 0 Å². The molecule has 1 aromatic rings. The molecule has 0 spiro atoms. The number of amides is 2. The molecule has 2 fully saturated rings. The number of carbonyl (C=O) groups excluding carboxylic acids is 2. The molecule has 23 heavy (non-hydrogen) atoms. The number of ether oxygens (including phenoxy) is 1. The van der Waals surface area contributed by atoms with Crippen molar-refractivity contribution in [3.63, 3.8) is 0 Å². The molecular formula is C18H22N2O3. The zero-order chi connectivity index (χ0) is 16.0. The first kappa shape index (κ1) is 14.7. The van der Waals surface area contributed by atoms with Crippen LogP contribution in [0.25, 0.3) is 0 Å². The van der Waals surface area contributed by atoms with Crippen LogP contribution in [0.1, 0.15) is 36.4 Å². The highest BCUT2D eigenvalue weighted by Crippen LogP contribution is 2.49. The van der Waals surface area contributed by atoms with Crippen LogP contribution in [0.3, 0.4) is 0 Å². The number of nitrogens with zero attached hydrogens (tertiary/aromatic N) is 1. The Hall–Kier alpha value is -1.88. The zero-order valence-corrected chi connectivity index (χ0v) is 13.3. The van der Waals surface area contributed by atoms with E-state index in [0.717, 1.165) is 19.5 Å². The van der Waals surface area contributed by atoms with Gasteiger partial charge in [-0.15, -0.1) is 0 Å². The van der Waals surface area contributed by atoms with Gasteiger partial charge in [-0.25, -0.2) is 0 Å². The van der Waals surface area contributed by atoms with Crippen LogP contribution >= 0.6 is 0 Å². The Morgan fingerprint density at radius 1 is 1.22 bits per heavy atom. The van der Waals surface area contributed by atoms with Crippen molar-refractivity contribution < 1.29 is 14.3 Å². The molecule has 122 valence electrons. The Morgan fingerprint density at radius 3 is 2.70 bits per heavy atom. The highest BCUT2D eigenvalue weighted by atomic mass is 16.5. The molecule has 4 atom stereocenters. The van der Waals surface area contributed by atoms with Crippen LogP contribution in [-0.4, -0.2) is 43.0 Å². The van der Waals surface area contributed by atoms with Gasteiger partial charge in [-0.3, -0.25) is 9.59 Å². The molecular weight excluding hydrogens is 292 g/mol. The molecule has 5 nitrogen and oxygen atoms in total. The predicted molar refractivity (Wildman–Crippen MR) is 84.7 cm³/mol. The first-order valence-electron chi connectivity index (χ1n) is 8.37. The smallest absolute Gasteiger partial charge is 0.226 e. The summed E-state index contributed by atoms with van der Waals surface area (Å²) in [5.74, 6) is 0.782. The van der Waals surface area contributed by atoms with Gasteiger partial charge in [-0.2, -0.15) is 0 Å². The molecule has 0 bridgehead atoms. The summed E-state index contributed by atoms with van der Waals surface area (Å²) in [4.78, 5) is 26.2. The van der Waals surface area contributed by atoms with Crippen LogP contribution in [0.4, 0.5) is 0 Å². The molecule has 2 saturated heterocycles. The maximum Gasteiger partial charge on any atom is 0.226 e. The van der Waals surface area contributed by atoms with Gasteiger partial charge in [0.05, 0.1) is 18.6 Å². The van der Waals surface area contributed by atoms with Crippen LogP contribution in [-0.2, 0) is 14.3 Å². The van der Waals surface area contributed by atoms with Gasteiger partial charge in [0.15, 0.2) is 0 Å². The van der Waals surface area contributed by atoms with Crippen molar-refractivity contribution in [1.82, 2.24) is 10.2 Å². The summed E-state index contributed by atoms with van der Waals surface area (Å²) in [6, 6.07) is 8.33. The third kappa shape index (κ3) is 2.43. The fraction of sp³-hybridized carbons (Fsp3) is 0.556. The summed E-state index contributed by atoms with van der Waals surface area (Å²) >= 11 is 0. The van der Waals surface area contributed by atoms with Gasteiger partial charge in [0.25, 0.3) is 0 Å². The quantitative estimate of drug-likeness (QED) is 0.899. The van der Waals surface area contributed by atoms with Crippen LogP contribution in [0.15, 0.2) is 24.3 Å². The molecule has 1 N–H and O–H groups in total. The van der Waals surface area contributed by atoms with Gasteiger partial charge in [0.1, 0.15) is 0 Å². The topological polar surface area (TPSA) is 58.6 Å². The lowest BCUT2D eigenvalue weighted by atomic mass is 9.94. The number of nitrogens with one attached hydrogen (secondary N) is 1. The van der Waals surface area contributed by atoms with Gasteiger partial charge in [0.2, 0.25) is 11.8 Å². The summed E-state index contributed by atoms with van der Waals surface area (Å²) in [6.07, 6.45) is 0.799. The average Bonchev–Trinajstić information content (AvgIpc) is 3.24. The van der Waals surface area contributed by atoms with Gasteiger partial charge in [-0.1, -0.05) is 24.3 Å². The van der Waals surface area contributed by atoms with Crippen molar-refractivity contribution in [2.75, 3.05) is 26.3 Å². The van der Waals surface area contributed by atoms with Crippen molar-refractivity contribution in [2.45, 2.75) is 25.3 Å². The number of rotatable bonds is 2. The van der Waals surface area contributed by atoms with E-state index in [9.17, 15) is 9.59 Å². The maximum absolute atomic E-state index is 12.5. The lowest BCUT2D eigenvalue weighted by molar-refractivity contribution is -0.128. The first-order chi connectivity index (χ1) is 11.1. The molecule has 0 radical (unpaired) electrons. The Labute approximate surface area is 136 Å². The predicted octanol–water partition coefficient (Wildman–Crippen LogP) is 1.46. The largest absolute Gasteiger partial charge is 0.381 e. The van der Waals surface area contributed by atoms with E-state index in [-0.39, 0.29) is 29.7 Å². The first-order valence-corrected chi connectivity index (χ1v) is 8.37. The zero-order valence-electron chi connectivity index (χ0n) is 13.3. The molecule has 0 unspecified atom stereocenters. The highest BCUT2D eigenvalue weighted by Gasteiger charge is 2.47. The fourth-order valence-corrected chi connectivity index (χ4v) is 4.31. The van der Waals surface area contributed by atoms with Crippen LogP contribution in [0.2, 0.25) is 0 Å². The lowest BCUT2D eigenvalue weighted by Gasteiger charge is -2.23. The minimum atomic E-state index is -0.0356. The molecule has 2 aliphatic heterocycles. The SMILES string of the molecule is CC(=O)N1C[C@H]2[C@@H](C1)c1ccccc1[C@@H]2NC(=O)[C@H]1CCOC1. The van der Waals surface area contributed by atoms with Crippen LogP contribution < -0.4 is 5.32 Å². The van der Waals surface area contributed by atoms with E-state index < -0.39 is 0 Å². The second-order valence-corrected chi connectivity index (χ2v) is 6.87. The Kier molecular flexibility index (Phi) is 3.60. The average molecular weight is 314 g/mol. The summed E-state index contributed by atoms with van der Waals surface area (Å²) in [7, 11) is 0. The molecule has 0 aromatic heterocycles. The van der Waals surface area contributed by atoms with E-state index in [0.29, 0.717) is 19.1 Å². The third-order valence-corrected chi connectivity index (χ3v) is 5.57. The van der Waals surface area contributed by atoms with Crippen molar-refractivity contribution in [2.24, 2.45) is 11.8 Å². The Bertz CT molecular complexity index is 639. The summed E-state index contributed by atoms with van der Waals surface area (Å²) in [6.45, 7) is 4.30. The molecule has 1 aromatic carbocycles. The number of fused-ring (bicyclic) bond motifs is 3. The molecule has 3 aliphatic rings. The number of carbonyl (C=O) groups is 2. The van der Waals surface area contributed by atoms with Crippen LogP contribution in [0.5, 0.6) is 0 Å². The standard InChI is InChI=1S/C18H22N2O3/c1-11(21)20-8-15-13-4-2-3-5-14(13)17(16(15)9-20)19-18(22)12-6-7-23-10-12/h2-5,12,15-17H,6-10H2,1H3,(H,19,22)/t12-,15-,16-,17-/m0/s1. The summed E-state index contributed by atoms with van der Waals surface area (Å²) in [5, 5.41) is 3.25. The monoisotopic (exact) mass is 314 g/mol. The second-order valence-electron chi connectivity index (χ2n) is 6.87. The second kappa shape index (κ2) is 5.64. The van der Waals surface area contributed by atoms with Gasteiger partial charge in [-0.05, 0) is 17.5 Å². The Balaban J connectivity index is 1.59. The fourth-order valence-electron chi connectivity index (χ4n) is 4.31. The molecule has 1 aliphatic carbocycles. The van der Waals surface area contributed by atoms with E-state index in [2.05, 4.69) is 17.4 Å². The van der Waals surface area contributed by atoms with Gasteiger partial charge < -0.3 is 15.0 Å². The molecule has 0 saturated carbocycles. The number of benzene rings is 1. The van der Waals surface area contributed by atoms with Crippen molar-refractivity contribution in [1.29, 1.82) is 0 Å². The minimum Gasteiger partial charge on any atom is -0.381 e. The number of hydrogen-bond acceptors (Lipinski definition) is 3. The summed E-state index contributed by atoms with van der Waals surface area (Å²) < 4.78 is 5.33. The molecule has 2 heterocycles. The van der Waals surface area contributed by atoms with E-state index in [4.69, 9.17) is 4.74 Å². The molecule has 4 rings (SSSR count). The highest BCUT2D eigenvalue weighted by molar-refractivity contribution is 5.80. The minimum absolute atomic E-state index is 0.00801. The van der Waals surface area contributed by atoms with E-state index in [1.165, 1.54) is 11.1 Å². The summed E-state index contributed by atoms with van der Waals surface area (Å²) in [5.41, 5.74) is 2.51. The normalized spacial score (nSPS) is 31.8.